The summed E-state index contributed by atoms with van der Waals surface area (Å²) in [6.07, 6.45) is 0. The Hall–Kier alpha value is -1.94. The lowest BCUT2D eigenvalue weighted by molar-refractivity contribution is -0.134. The highest BCUT2D eigenvalue weighted by molar-refractivity contribution is 7.12. The van der Waals surface area contributed by atoms with Crippen molar-refractivity contribution in [2.24, 2.45) is 0 Å². The summed E-state index contributed by atoms with van der Waals surface area (Å²) in [5.41, 5.74) is 1.89. The highest BCUT2D eigenvalue weighted by atomic mass is 32.1. The van der Waals surface area contributed by atoms with E-state index in [9.17, 15) is 4.79 Å². The fourth-order valence-corrected chi connectivity index (χ4v) is 2.02. The molecule has 3 nitrogen and oxygen atoms in total. The van der Waals surface area contributed by atoms with Gasteiger partial charge < -0.3 is 5.11 Å². The van der Waals surface area contributed by atoms with Gasteiger partial charge in [0, 0.05) is 12.5 Å². The van der Waals surface area contributed by atoms with Crippen LogP contribution in [0.4, 0.5) is 0 Å². The van der Waals surface area contributed by atoms with Gasteiger partial charge in [0.2, 0.25) is 5.78 Å². The number of rotatable bonds is 2. The molecular formula is C14H14O3S. The Kier molecular flexibility index (Phi) is 5.27. The van der Waals surface area contributed by atoms with E-state index >= 15 is 0 Å². The van der Waals surface area contributed by atoms with E-state index in [0.29, 0.717) is 0 Å². The maximum atomic E-state index is 11.9. The second kappa shape index (κ2) is 6.71. The van der Waals surface area contributed by atoms with Gasteiger partial charge in [-0.2, -0.15) is 0 Å². The molecule has 2 rings (SSSR count). The minimum Gasteiger partial charge on any atom is -0.481 e. The number of carboxylic acids is 1. The number of thiophene rings is 1. The largest absolute Gasteiger partial charge is 0.481 e. The van der Waals surface area contributed by atoms with Crippen molar-refractivity contribution in [2.45, 2.75) is 13.8 Å². The topological polar surface area (TPSA) is 54.4 Å². The molecule has 0 aliphatic carbocycles. The first-order valence-corrected chi connectivity index (χ1v) is 6.23. The Bertz CT molecular complexity index is 526. The van der Waals surface area contributed by atoms with Gasteiger partial charge in [-0.05, 0) is 24.4 Å². The third kappa shape index (κ3) is 4.51. The van der Waals surface area contributed by atoms with Crippen molar-refractivity contribution in [1.82, 2.24) is 0 Å². The lowest BCUT2D eigenvalue weighted by Crippen LogP contribution is -1.98. The summed E-state index contributed by atoms with van der Waals surface area (Å²) in [5.74, 6) is -0.719. The standard InChI is InChI=1S/C12H10OS.C2H4O2/c1-9-4-2-5-10(8-9)12(13)11-6-3-7-14-11;1-2(3)4/h2-8H,1H3;1H3,(H,3,4). The lowest BCUT2D eigenvalue weighted by Gasteiger charge is -1.98. The van der Waals surface area contributed by atoms with Crippen molar-refractivity contribution in [3.8, 4) is 0 Å². The van der Waals surface area contributed by atoms with Crippen LogP contribution in [-0.4, -0.2) is 16.9 Å². The fraction of sp³-hybridized carbons (Fsp3) is 0.143. The van der Waals surface area contributed by atoms with E-state index in [0.717, 1.165) is 22.9 Å². The van der Waals surface area contributed by atoms with Crippen LogP contribution in [0.25, 0.3) is 0 Å². The highest BCUT2D eigenvalue weighted by Crippen LogP contribution is 2.15. The third-order valence-corrected chi connectivity index (χ3v) is 2.89. The zero-order valence-corrected chi connectivity index (χ0v) is 11.0. The molecule has 2 aromatic rings. The normalized spacial score (nSPS) is 9.22. The summed E-state index contributed by atoms with van der Waals surface area (Å²) >= 11 is 1.48. The Balaban J connectivity index is 0.000000357. The molecule has 94 valence electrons. The summed E-state index contributed by atoms with van der Waals surface area (Å²) in [7, 11) is 0. The molecule has 0 saturated carbocycles. The molecule has 0 fully saturated rings. The number of carbonyl (C=O) groups excluding carboxylic acids is 1. The summed E-state index contributed by atoms with van der Waals surface area (Å²) in [4.78, 5) is 21.7. The Labute approximate surface area is 110 Å². The van der Waals surface area contributed by atoms with Gasteiger partial charge in [0.25, 0.3) is 5.97 Å². The van der Waals surface area contributed by atoms with Gasteiger partial charge >= 0.3 is 0 Å². The van der Waals surface area contributed by atoms with E-state index in [1.165, 1.54) is 11.3 Å². The van der Waals surface area contributed by atoms with E-state index in [4.69, 9.17) is 9.90 Å². The Morgan fingerprint density at radius 2 is 1.83 bits per heavy atom. The molecule has 0 amide bonds. The first-order chi connectivity index (χ1) is 8.50. The van der Waals surface area contributed by atoms with Crippen LogP contribution < -0.4 is 0 Å². The maximum Gasteiger partial charge on any atom is 0.300 e. The van der Waals surface area contributed by atoms with Crippen LogP contribution in [0, 0.1) is 6.92 Å². The number of hydrogen-bond donors (Lipinski definition) is 1. The number of carbonyl (C=O) groups is 2. The summed E-state index contributed by atoms with van der Waals surface area (Å²) in [5, 5.41) is 9.34. The zero-order valence-electron chi connectivity index (χ0n) is 10.2. The second-order valence-corrected chi connectivity index (χ2v) is 4.64. The van der Waals surface area contributed by atoms with E-state index in [2.05, 4.69) is 0 Å². The Morgan fingerprint density at radius 1 is 1.17 bits per heavy atom. The molecule has 0 bridgehead atoms. The minimum absolute atomic E-state index is 0.115. The van der Waals surface area contributed by atoms with Crippen LogP contribution in [0.5, 0.6) is 0 Å². The second-order valence-electron chi connectivity index (χ2n) is 3.69. The van der Waals surface area contributed by atoms with Gasteiger partial charge in [-0.15, -0.1) is 11.3 Å². The number of benzene rings is 1. The van der Waals surface area contributed by atoms with Crippen molar-refractivity contribution in [3.63, 3.8) is 0 Å². The highest BCUT2D eigenvalue weighted by Gasteiger charge is 2.08. The van der Waals surface area contributed by atoms with Crippen molar-refractivity contribution in [1.29, 1.82) is 0 Å². The maximum absolute atomic E-state index is 11.9. The van der Waals surface area contributed by atoms with Gasteiger partial charge in [0.15, 0.2) is 0 Å². The summed E-state index contributed by atoms with van der Waals surface area (Å²) < 4.78 is 0. The first-order valence-electron chi connectivity index (χ1n) is 5.35. The molecule has 4 heteroatoms. The van der Waals surface area contributed by atoms with Crippen LogP contribution in [0.15, 0.2) is 41.8 Å². The van der Waals surface area contributed by atoms with Gasteiger partial charge in [-0.25, -0.2) is 0 Å². The molecule has 0 radical (unpaired) electrons. The smallest absolute Gasteiger partial charge is 0.300 e. The van der Waals surface area contributed by atoms with E-state index in [-0.39, 0.29) is 5.78 Å². The SMILES string of the molecule is CC(=O)O.Cc1cccc(C(=O)c2cccs2)c1. The molecular weight excluding hydrogens is 248 g/mol. The van der Waals surface area contributed by atoms with Crippen molar-refractivity contribution in [3.05, 3.63) is 57.8 Å². The van der Waals surface area contributed by atoms with Crippen molar-refractivity contribution < 1.29 is 14.7 Å². The van der Waals surface area contributed by atoms with Gasteiger partial charge in [0.1, 0.15) is 0 Å². The fourth-order valence-electron chi connectivity index (χ4n) is 1.34. The molecule has 1 aromatic heterocycles. The van der Waals surface area contributed by atoms with Crippen LogP contribution >= 0.6 is 11.3 Å². The molecule has 18 heavy (non-hydrogen) atoms. The predicted octanol–water partition coefficient (Wildman–Crippen LogP) is 3.38. The molecule has 0 atom stereocenters. The van der Waals surface area contributed by atoms with Gasteiger partial charge in [-0.3, -0.25) is 9.59 Å². The number of aryl methyl sites for hydroxylation is 1. The lowest BCUT2D eigenvalue weighted by atomic mass is 10.1. The molecule has 1 N–H and O–H groups in total. The number of carboxylic acid groups (broad SMARTS) is 1. The number of hydrogen-bond acceptors (Lipinski definition) is 3. The van der Waals surface area contributed by atoms with Crippen LogP contribution in [0.3, 0.4) is 0 Å². The molecule has 0 saturated heterocycles. The molecule has 1 aromatic carbocycles. The van der Waals surface area contributed by atoms with Crippen LogP contribution in [0.1, 0.15) is 27.7 Å². The predicted molar refractivity (Wildman–Crippen MR) is 72.2 cm³/mol. The monoisotopic (exact) mass is 262 g/mol. The van der Waals surface area contributed by atoms with Gasteiger partial charge in [0.05, 0.1) is 4.88 Å². The van der Waals surface area contributed by atoms with Crippen molar-refractivity contribution >= 4 is 23.1 Å². The molecule has 0 spiro atoms. The number of aliphatic carboxylic acids is 1. The van der Waals surface area contributed by atoms with Crippen LogP contribution in [0.2, 0.25) is 0 Å². The molecule has 0 aliphatic rings. The van der Waals surface area contributed by atoms with E-state index < -0.39 is 5.97 Å². The van der Waals surface area contributed by atoms with E-state index in [1.54, 1.807) is 0 Å². The van der Waals surface area contributed by atoms with E-state index in [1.807, 2.05) is 48.7 Å². The first kappa shape index (κ1) is 14.1. The minimum atomic E-state index is -0.833. The zero-order chi connectivity index (χ0) is 13.5. The molecule has 1 heterocycles. The summed E-state index contributed by atoms with van der Waals surface area (Å²) in [6.45, 7) is 3.07. The molecule has 0 unspecified atom stereocenters. The van der Waals surface area contributed by atoms with Gasteiger partial charge in [-0.1, -0.05) is 29.8 Å². The third-order valence-electron chi connectivity index (χ3n) is 2.03. The average Bonchev–Trinajstić information content (AvgIpc) is 2.80. The Morgan fingerprint density at radius 3 is 2.33 bits per heavy atom. The molecule has 0 aliphatic heterocycles. The van der Waals surface area contributed by atoms with Crippen molar-refractivity contribution in [2.75, 3.05) is 0 Å². The quantitative estimate of drug-likeness (QED) is 0.844. The average molecular weight is 262 g/mol. The summed E-state index contributed by atoms with van der Waals surface area (Å²) in [6, 6.07) is 11.4. The number of ketones is 1. The van der Waals surface area contributed by atoms with Crippen LogP contribution in [-0.2, 0) is 4.79 Å².